The molecular formula is C22H30N4O5S. The van der Waals surface area contributed by atoms with E-state index in [1.807, 2.05) is 17.9 Å². The number of carbonyl (C=O) groups excluding carboxylic acids is 1. The monoisotopic (exact) mass is 462 g/mol. The average molecular weight is 463 g/mol. The van der Waals surface area contributed by atoms with Crippen LogP contribution in [-0.4, -0.2) is 70.6 Å². The molecule has 0 radical (unpaired) electrons. The summed E-state index contributed by atoms with van der Waals surface area (Å²) in [4.78, 5) is 19.6. The van der Waals surface area contributed by atoms with E-state index in [-0.39, 0.29) is 17.3 Å². The van der Waals surface area contributed by atoms with Crippen molar-refractivity contribution < 1.29 is 22.7 Å². The third-order valence-corrected chi connectivity index (χ3v) is 6.89. The van der Waals surface area contributed by atoms with Crippen molar-refractivity contribution in [1.82, 2.24) is 14.6 Å². The van der Waals surface area contributed by atoms with Gasteiger partial charge in [0.1, 0.15) is 0 Å². The Kier molecular flexibility index (Phi) is 8.05. The Balaban J connectivity index is 1.89. The predicted octanol–water partition coefficient (Wildman–Crippen LogP) is 1.89. The van der Waals surface area contributed by atoms with Crippen molar-refractivity contribution in [3.05, 3.63) is 47.7 Å². The van der Waals surface area contributed by atoms with Gasteiger partial charge in [-0.05, 0) is 30.7 Å². The van der Waals surface area contributed by atoms with E-state index < -0.39 is 10.0 Å². The number of amides is 1. The standard InChI is InChI=1S/C22H30N4O5S/c1-4-12-31-22-17(6-5-9-23-22)16-24-21(27)19-15-18(32(28,29)25(2)3)7-8-20(19)26-10-13-30-14-11-26/h5-9,15H,4,10-14,16H2,1-3H3,(H,24,27). The molecule has 1 saturated heterocycles. The van der Waals surface area contributed by atoms with Crippen LogP contribution in [-0.2, 0) is 21.3 Å². The fourth-order valence-electron chi connectivity index (χ4n) is 3.31. The summed E-state index contributed by atoms with van der Waals surface area (Å²) < 4.78 is 37.5. The second-order valence-electron chi connectivity index (χ2n) is 7.56. The number of rotatable bonds is 9. The van der Waals surface area contributed by atoms with E-state index in [4.69, 9.17) is 9.47 Å². The fraction of sp³-hybridized carbons (Fsp3) is 0.455. The van der Waals surface area contributed by atoms with Gasteiger partial charge in [0.15, 0.2) is 0 Å². The molecule has 2 aromatic rings. The van der Waals surface area contributed by atoms with Crippen molar-refractivity contribution in [2.45, 2.75) is 24.8 Å². The van der Waals surface area contributed by atoms with Gasteiger partial charge in [-0.25, -0.2) is 17.7 Å². The summed E-state index contributed by atoms with van der Waals surface area (Å²) in [6, 6.07) is 8.29. The highest BCUT2D eigenvalue weighted by atomic mass is 32.2. The minimum atomic E-state index is -3.68. The van der Waals surface area contributed by atoms with Crippen LogP contribution >= 0.6 is 0 Å². The first kappa shape index (κ1) is 24.0. The zero-order valence-electron chi connectivity index (χ0n) is 18.7. The second-order valence-corrected chi connectivity index (χ2v) is 9.72. The third kappa shape index (κ3) is 5.56. The van der Waals surface area contributed by atoms with Gasteiger partial charge >= 0.3 is 0 Å². The summed E-state index contributed by atoms with van der Waals surface area (Å²) in [5.74, 6) is 0.111. The van der Waals surface area contributed by atoms with E-state index in [9.17, 15) is 13.2 Å². The number of hydrogen-bond acceptors (Lipinski definition) is 7. The van der Waals surface area contributed by atoms with Gasteiger partial charge in [-0.1, -0.05) is 13.0 Å². The first-order valence-electron chi connectivity index (χ1n) is 10.6. The summed E-state index contributed by atoms with van der Waals surface area (Å²) in [6.07, 6.45) is 2.49. The van der Waals surface area contributed by atoms with Crippen LogP contribution < -0.4 is 15.0 Å². The Bertz CT molecular complexity index is 1040. The number of anilines is 1. The number of morpholine rings is 1. The molecule has 10 heteroatoms. The van der Waals surface area contributed by atoms with Crippen molar-refractivity contribution in [3.63, 3.8) is 0 Å². The maximum Gasteiger partial charge on any atom is 0.253 e. The Morgan fingerprint density at radius 2 is 2.00 bits per heavy atom. The van der Waals surface area contributed by atoms with Crippen LogP contribution in [0.2, 0.25) is 0 Å². The first-order valence-corrected chi connectivity index (χ1v) is 12.0. The molecule has 0 saturated carbocycles. The SMILES string of the molecule is CCCOc1ncccc1CNC(=O)c1cc(S(=O)(=O)N(C)C)ccc1N1CCOCC1. The highest BCUT2D eigenvalue weighted by Gasteiger charge is 2.24. The molecule has 1 N–H and O–H groups in total. The topological polar surface area (TPSA) is 101 Å². The number of nitrogens with zero attached hydrogens (tertiary/aromatic N) is 3. The lowest BCUT2D eigenvalue weighted by Crippen LogP contribution is -2.38. The molecule has 2 heterocycles. The Labute approximate surface area is 189 Å². The molecule has 3 rings (SSSR count). The molecule has 0 spiro atoms. The molecule has 1 aromatic heterocycles. The molecule has 0 aliphatic carbocycles. The van der Waals surface area contributed by atoms with Crippen molar-refractivity contribution >= 4 is 21.6 Å². The van der Waals surface area contributed by atoms with E-state index in [2.05, 4.69) is 10.3 Å². The van der Waals surface area contributed by atoms with Crippen LogP contribution in [0.25, 0.3) is 0 Å². The number of aromatic nitrogens is 1. The first-order chi connectivity index (χ1) is 15.3. The number of sulfonamides is 1. The van der Waals surface area contributed by atoms with Crippen molar-refractivity contribution in [2.24, 2.45) is 0 Å². The number of nitrogens with one attached hydrogen (secondary N) is 1. The predicted molar refractivity (Wildman–Crippen MR) is 122 cm³/mol. The van der Waals surface area contributed by atoms with Crippen LogP contribution in [0.3, 0.4) is 0 Å². The average Bonchev–Trinajstić information content (AvgIpc) is 2.81. The molecule has 1 aliphatic rings. The minimum Gasteiger partial charge on any atom is -0.477 e. The minimum absolute atomic E-state index is 0.0676. The smallest absolute Gasteiger partial charge is 0.253 e. The lowest BCUT2D eigenvalue weighted by molar-refractivity contribution is 0.0949. The summed E-state index contributed by atoms with van der Waals surface area (Å²) in [5.41, 5.74) is 1.73. The van der Waals surface area contributed by atoms with Crippen LogP contribution in [0.1, 0.15) is 29.3 Å². The normalized spacial score (nSPS) is 14.4. The summed E-state index contributed by atoms with van der Waals surface area (Å²) in [6.45, 7) is 5.09. The summed E-state index contributed by atoms with van der Waals surface area (Å²) in [5, 5.41) is 2.89. The van der Waals surface area contributed by atoms with Gasteiger partial charge in [0, 0.05) is 51.2 Å². The largest absolute Gasteiger partial charge is 0.477 e. The number of pyridine rings is 1. The van der Waals surface area contributed by atoms with Crippen molar-refractivity contribution in [2.75, 3.05) is 51.9 Å². The van der Waals surface area contributed by atoms with E-state index in [1.54, 1.807) is 18.3 Å². The highest BCUT2D eigenvalue weighted by Crippen LogP contribution is 2.26. The molecule has 9 nitrogen and oxygen atoms in total. The third-order valence-electron chi connectivity index (χ3n) is 5.08. The van der Waals surface area contributed by atoms with Gasteiger partial charge < -0.3 is 19.7 Å². The Hall–Kier alpha value is -2.69. The van der Waals surface area contributed by atoms with Gasteiger partial charge in [-0.2, -0.15) is 0 Å². The van der Waals surface area contributed by atoms with Gasteiger partial charge in [0.05, 0.1) is 30.3 Å². The van der Waals surface area contributed by atoms with Gasteiger partial charge in [-0.3, -0.25) is 4.79 Å². The van der Waals surface area contributed by atoms with Crippen LogP contribution in [0.15, 0.2) is 41.4 Å². The Morgan fingerprint density at radius 1 is 1.25 bits per heavy atom. The molecule has 32 heavy (non-hydrogen) atoms. The molecule has 1 fully saturated rings. The van der Waals surface area contributed by atoms with Crippen LogP contribution in [0.4, 0.5) is 5.69 Å². The zero-order chi connectivity index (χ0) is 23.1. The number of benzene rings is 1. The molecule has 1 aliphatic heterocycles. The molecule has 1 amide bonds. The van der Waals surface area contributed by atoms with Crippen LogP contribution in [0, 0.1) is 0 Å². The lowest BCUT2D eigenvalue weighted by Gasteiger charge is -2.30. The van der Waals surface area contributed by atoms with Crippen molar-refractivity contribution in [1.29, 1.82) is 0 Å². The maximum atomic E-state index is 13.2. The molecule has 174 valence electrons. The van der Waals surface area contributed by atoms with Crippen molar-refractivity contribution in [3.8, 4) is 5.88 Å². The second kappa shape index (κ2) is 10.8. The number of ether oxygens (including phenoxy) is 2. The molecule has 0 unspecified atom stereocenters. The highest BCUT2D eigenvalue weighted by molar-refractivity contribution is 7.89. The zero-order valence-corrected chi connectivity index (χ0v) is 19.5. The summed E-state index contributed by atoms with van der Waals surface area (Å²) in [7, 11) is -0.757. The van der Waals surface area contributed by atoms with Gasteiger partial charge in [-0.15, -0.1) is 0 Å². The molecule has 0 bridgehead atoms. The van der Waals surface area contributed by atoms with Gasteiger partial charge in [0.2, 0.25) is 15.9 Å². The quantitative estimate of drug-likeness (QED) is 0.607. The number of hydrogen-bond donors (Lipinski definition) is 1. The van der Waals surface area contributed by atoms with E-state index >= 15 is 0 Å². The van der Waals surface area contributed by atoms with Crippen LogP contribution in [0.5, 0.6) is 5.88 Å². The van der Waals surface area contributed by atoms with E-state index in [1.165, 1.54) is 26.2 Å². The number of carbonyl (C=O) groups is 1. The van der Waals surface area contributed by atoms with E-state index in [0.717, 1.165) is 16.3 Å². The van der Waals surface area contributed by atoms with E-state index in [0.29, 0.717) is 50.0 Å². The maximum absolute atomic E-state index is 13.2. The summed E-state index contributed by atoms with van der Waals surface area (Å²) >= 11 is 0. The van der Waals surface area contributed by atoms with Gasteiger partial charge in [0.25, 0.3) is 5.91 Å². The molecule has 0 atom stereocenters. The Morgan fingerprint density at radius 3 is 2.69 bits per heavy atom. The molecular weight excluding hydrogens is 432 g/mol. The fourth-order valence-corrected chi connectivity index (χ4v) is 4.23. The lowest BCUT2D eigenvalue weighted by atomic mass is 10.1. The molecule has 1 aromatic carbocycles.